The smallest absolute Gasteiger partial charge is 0.0218 e. The fourth-order valence-corrected chi connectivity index (χ4v) is 2.61. The molecule has 0 aliphatic carbocycles. The largest absolute Gasteiger partial charge is 0.311 e. The van der Waals surface area contributed by atoms with Crippen LogP contribution in [0.5, 0.6) is 0 Å². The quantitative estimate of drug-likeness (QED) is 0.811. The van der Waals surface area contributed by atoms with Gasteiger partial charge in [0, 0.05) is 18.1 Å². The number of hydrogen-bond acceptors (Lipinski definition) is 2. The lowest BCUT2D eigenvalue weighted by atomic mass is 10.0. The summed E-state index contributed by atoms with van der Waals surface area (Å²) in [5.74, 6) is 0.924. The van der Waals surface area contributed by atoms with Crippen molar-refractivity contribution in [2.45, 2.75) is 71.9 Å². The van der Waals surface area contributed by atoms with E-state index in [9.17, 15) is 0 Å². The maximum atomic E-state index is 3.66. The molecule has 0 aromatic rings. The van der Waals surface area contributed by atoms with Crippen LogP contribution in [0.3, 0.4) is 0 Å². The van der Waals surface area contributed by atoms with Crippen LogP contribution in [-0.2, 0) is 0 Å². The third-order valence-electron chi connectivity index (χ3n) is 3.91. The van der Waals surface area contributed by atoms with Crippen LogP contribution >= 0.6 is 0 Å². The van der Waals surface area contributed by atoms with E-state index in [0.29, 0.717) is 0 Å². The van der Waals surface area contributed by atoms with Crippen molar-refractivity contribution >= 4 is 0 Å². The van der Waals surface area contributed by atoms with E-state index in [4.69, 9.17) is 0 Å². The molecule has 1 heterocycles. The molecule has 2 atom stereocenters. The Labute approximate surface area is 108 Å². The Kier molecular flexibility index (Phi) is 5.94. The third-order valence-corrected chi connectivity index (χ3v) is 3.91. The zero-order valence-electron chi connectivity index (χ0n) is 12.6. The van der Waals surface area contributed by atoms with E-state index in [2.05, 4.69) is 44.8 Å². The minimum absolute atomic E-state index is 0.243. The SMILES string of the molecule is CCC(CNC(C)(C)C)N1CCCC(C)CC1. The summed E-state index contributed by atoms with van der Waals surface area (Å²) >= 11 is 0. The first-order valence-corrected chi connectivity index (χ1v) is 7.41. The van der Waals surface area contributed by atoms with E-state index in [1.165, 1.54) is 38.8 Å². The van der Waals surface area contributed by atoms with Gasteiger partial charge in [-0.05, 0) is 65.5 Å². The first-order chi connectivity index (χ1) is 7.92. The first-order valence-electron chi connectivity index (χ1n) is 7.41. The molecule has 0 radical (unpaired) electrons. The third kappa shape index (κ3) is 5.87. The highest BCUT2D eigenvalue weighted by molar-refractivity contribution is 4.80. The van der Waals surface area contributed by atoms with Gasteiger partial charge in [0.1, 0.15) is 0 Å². The molecule has 1 saturated heterocycles. The molecule has 1 rings (SSSR count). The summed E-state index contributed by atoms with van der Waals surface area (Å²) in [6.07, 6.45) is 5.44. The van der Waals surface area contributed by atoms with E-state index in [0.717, 1.165) is 18.5 Å². The normalized spacial score (nSPS) is 25.6. The van der Waals surface area contributed by atoms with Crippen molar-refractivity contribution in [1.82, 2.24) is 10.2 Å². The van der Waals surface area contributed by atoms with Crippen LogP contribution in [-0.4, -0.2) is 36.1 Å². The van der Waals surface area contributed by atoms with Crippen LogP contribution in [0.1, 0.15) is 60.3 Å². The highest BCUT2D eigenvalue weighted by Gasteiger charge is 2.21. The Morgan fingerprint density at radius 1 is 1.24 bits per heavy atom. The number of likely N-dealkylation sites (tertiary alicyclic amines) is 1. The van der Waals surface area contributed by atoms with Gasteiger partial charge >= 0.3 is 0 Å². The van der Waals surface area contributed by atoms with Crippen molar-refractivity contribution in [2.75, 3.05) is 19.6 Å². The van der Waals surface area contributed by atoms with Gasteiger partial charge in [-0.25, -0.2) is 0 Å². The molecule has 2 unspecified atom stereocenters. The van der Waals surface area contributed by atoms with Crippen molar-refractivity contribution in [3.63, 3.8) is 0 Å². The van der Waals surface area contributed by atoms with Crippen LogP contribution in [0.4, 0.5) is 0 Å². The summed E-state index contributed by atoms with van der Waals surface area (Å²) in [7, 11) is 0. The molecule has 0 spiro atoms. The second-order valence-corrected chi connectivity index (χ2v) is 6.77. The number of nitrogens with zero attached hydrogens (tertiary/aromatic N) is 1. The lowest BCUT2D eigenvalue weighted by molar-refractivity contribution is 0.182. The van der Waals surface area contributed by atoms with E-state index < -0.39 is 0 Å². The molecule has 1 fully saturated rings. The zero-order chi connectivity index (χ0) is 12.9. The fraction of sp³-hybridized carbons (Fsp3) is 1.00. The van der Waals surface area contributed by atoms with Crippen molar-refractivity contribution in [3.8, 4) is 0 Å². The van der Waals surface area contributed by atoms with Gasteiger partial charge in [-0.15, -0.1) is 0 Å². The van der Waals surface area contributed by atoms with Crippen molar-refractivity contribution < 1.29 is 0 Å². The predicted molar refractivity (Wildman–Crippen MR) is 76.4 cm³/mol. The second-order valence-electron chi connectivity index (χ2n) is 6.77. The summed E-state index contributed by atoms with van der Waals surface area (Å²) < 4.78 is 0. The van der Waals surface area contributed by atoms with E-state index in [-0.39, 0.29) is 5.54 Å². The van der Waals surface area contributed by atoms with Gasteiger partial charge in [0.2, 0.25) is 0 Å². The molecular formula is C15H32N2. The lowest BCUT2D eigenvalue weighted by Crippen LogP contribution is -2.47. The Balaban J connectivity index is 2.43. The second kappa shape index (κ2) is 6.75. The number of hydrogen-bond donors (Lipinski definition) is 1. The molecule has 2 heteroatoms. The van der Waals surface area contributed by atoms with Gasteiger partial charge in [0.05, 0.1) is 0 Å². The molecule has 0 amide bonds. The Morgan fingerprint density at radius 2 is 1.94 bits per heavy atom. The Hall–Kier alpha value is -0.0800. The van der Waals surface area contributed by atoms with Crippen molar-refractivity contribution in [3.05, 3.63) is 0 Å². The van der Waals surface area contributed by atoms with Gasteiger partial charge in [0.15, 0.2) is 0 Å². The van der Waals surface area contributed by atoms with Gasteiger partial charge in [-0.3, -0.25) is 4.90 Å². The lowest BCUT2D eigenvalue weighted by Gasteiger charge is -2.33. The number of rotatable bonds is 4. The van der Waals surface area contributed by atoms with Gasteiger partial charge in [-0.1, -0.05) is 13.8 Å². The van der Waals surface area contributed by atoms with Crippen LogP contribution in [0, 0.1) is 5.92 Å². The molecule has 0 aromatic heterocycles. The molecule has 1 aliphatic heterocycles. The van der Waals surface area contributed by atoms with Gasteiger partial charge in [0.25, 0.3) is 0 Å². The van der Waals surface area contributed by atoms with E-state index >= 15 is 0 Å². The highest BCUT2D eigenvalue weighted by atomic mass is 15.2. The van der Waals surface area contributed by atoms with Crippen molar-refractivity contribution in [1.29, 1.82) is 0 Å². The number of nitrogens with one attached hydrogen (secondary N) is 1. The zero-order valence-corrected chi connectivity index (χ0v) is 12.6. The molecule has 17 heavy (non-hydrogen) atoms. The summed E-state index contributed by atoms with van der Waals surface area (Å²) in [6, 6.07) is 0.722. The van der Waals surface area contributed by atoms with E-state index in [1.54, 1.807) is 0 Å². The summed E-state index contributed by atoms with van der Waals surface area (Å²) in [4.78, 5) is 2.71. The summed E-state index contributed by atoms with van der Waals surface area (Å²) in [5.41, 5.74) is 0.243. The average molecular weight is 240 g/mol. The van der Waals surface area contributed by atoms with Gasteiger partial charge < -0.3 is 5.32 Å². The highest BCUT2D eigenvalue weighted by Crippen LogP contribution is 2.19. The average Bonchev–Trinajstić information content (AvgIpc) is 2.43. The first kappa shape index (κ1) is 15.0. The molecule has 0 aromatic carbocycles. The molecule has 2 nitrogen and oxygen atoms in total. The van der Waals surface area contributed by atoms with Crippen molar-refractivity contribution in [2.24, 2.45) is 5.92 Å². The monoisotopic (exact) mass is 240 g/mol. The Morgan fingerprint density at radius 3 is 2.53 bits per heavy atom. The Bertz CT molecular complexity index is 207. The fourth-order valence-electron chi connectivity index (χ4n) is 2.61. The minimum atomic E-state index is 0.243. The molecule has 1 N–H and O–H groups in total. The van der Waals surface area contributed by atoms with E-state index in [1.807, 2.05) is 0 Å². The molecule has 102 valence electrons. The molecule has 0 bridgehead atoms. The maximum Gasteiger partial charge on any atom is 0.0218 e. The minimum Gasteiger partial charge on any atom is -0.311 e. The van der Waals surface area contributed by atoms with Crippen LogP contribution in [0.25, 0.3) is 0 Å². The molecule has 1 aliphatic rings. The summed E-state index contributed by atoms with van der Waals surface area (Å²) in [5, 5.41) is 3.66. The van der Waals surface area contributed by atoms with Crippen LogP contribution in [0.15, 0.2) is 0 Å². The topological polar surface area (TPSA) is 15.3 Å². The predicted octanol–water partition coefficient (Wildman–Crippen LogP) is 3.28. The van der Waals surface area contributed by atoms with Crippen LogP contribution in [0.2, 0.25) is 0 Å². The van der Waals surface area contributed by atoms with Gasteiger partial charge in [-0.2, -0.15) is 0 Å². The maximum absolute atomic E-state index is 3.66. The standard InChI is InChI=1S/C15H32N2/c1-6-14(12-16-15(3,4)5)17-10-7-8-13(2)9-11-17/h13-14,16H,6-12H2,1-5H3. The molecular weight excluding hydrogens is 208 g/mol. The van der Waals surface area contributed by atoms with Crippen LogP contribution < -0.4 is 5.32 Å². The summed E-state index contributed by atoms with van der Waals surface area (Å²) in [6.45, 7) is 15.2. The molecule has 0 saturated carbocycles.